The molecule has 0 aliphatic carbocycles. The molecule has 5 rings (SSSR count). The number of para-hydroxylation sites is 2. The van der Waals surface area contributed by atoms with Crippen molar-refractivity contribution in [3.05, 3.63) is 101 Å². The van der Waals surface area contributed by atoms with Crippen LogP contribution >= 0.6 is 0 Å². The molecular weight excluding hydrogens is 336 g/mol. The number of aromatic amines is 1. The molecule has 1 aliphatic rings. The van der Waals surface area contributed by atoms with E-state index in [2.05, 4.69) is 11.1 Å². The highest BCUT2D eigenvalue weighted by molar-refractivity contribution is 5.99. The molecule has 4 aromatic rings. The molecule has 0 fully saturated rings. The number of carbonyl (C=O) groups is 1. The lowest BCUT2D eigenvalue weighted by atomic mass is 10.0. The molecule has 1 aliphatic heterocycles. The summed E-state index contributed by atoms with van der Waals surface area (Å²) in [5, 5.41) is 11.6. The van der Waals surface area contributed by atoms with Gasteiger partial charge >= 0.3 is 0 Å². The van der Waals surface area contributed by atoms with Crippen LogP contribution in [0.2, 0.25) is 0 Å². The van der Waals surface area contributed by atoms with E-state index in [4.69, 9.17) is 0 Å². The Kier molecular flexibility index (Phi) is 3.50. The molecule has 0 bridgehead atoms. The molecule has 132 valence electrons. The van der Waals surface area contributed by atoms with Gasteiger partial charge in [-0.25, -0.2) is 0 Å². The van der Waals surface area contributed by atoms with Crippen molar-refractivity contribution in [1.82, 2.24) is 9.88 Å². The number of fused-ring (bicyclic) bond motifs is 2. The first-order valence-corrected chi connectivity index (χ1v) is 8.97. The lowest BCUT2D eigenvalue weighted by Crippen LogP contribution is -2.30. The number of nitrogens with zero attached hydrogens (tertiary/aromatic N) is 1. The van der Waals surface area contributed by atoms with Gasteiger partial charge in [0.2, 0.25) is 0 Å². The minimum atomic E-state index is -0.390. The fourth-order valence-corrected chi connectivity index (χ4v) is 3.95. The molecule has 2 heterocycles. The van der Waals surface area contributed by atoms with Crippen LogP contribution in [-0.2, 0) is 6.54 Å². The molecule has 0 saturated carbocycles. The van der Waals surface area contributed by atoms with E-state index in [9.17, 15) is 9.90 Å². The number of rotatable bonds is 3. The van der Waals surface area contributed by atoms with E-state index in [0.29, 0.717) is 12.1 Å². The summed E-state index contributed by atoms with van der Waals surface area (Å²) in [6.45, 7) is 0.517. The predicted octanol–water partition coefficient (Wildman–Crippen LogP) is 4.62. The summed E-state index contributed by atoms with van der Waals surface area (Å²) in [6.07, 6.45) is 0. The summed E-state index contributed by atoms with van der Waals surface area (Å²) in [5.41, 5.74) is 4.36. The molecule has 0 saturated heterocycles. The van der Waals surface area contributed by atoms with Gasteiger partial charge in [0.05, 0.1) is 0 Å². The Morgan fingerprint density at radius 3 is 2.48 bits per heavy atom. The molecule has 1 aromatic heterocycles. The number of nitrogens with one attached hydrogen (secondary N) is 1. The smallest absolute Gasteiger partial charge is 0.255 e. The van der Waals surface area contributed by atoms with Gasteiger partial charge < -0.3 is 15.0 Å². The average molecular weight is 354 g/mol. The number of H-pyrrole nitrogens is 1. The van der Waals surface area contributed by atoms with Crippen molar-refractivity contribution in [3.63, 3.8) is 0 Å². The van der Waals surface area contributed by atoms with Crippen LogP contribution in [0.15, 0.2) is 78.9 Å². The summed E-state index contributed by atoms with van der Waals surface area (Å²) in [4.78, 5) is 18.4. The number of phenols is 1. The predicted molar refractivity (Wildman–Crippen MR) is 105 cm³/mol. The Labute approximate surface area is 156 Å². The van der Waals surface area contributed by atoms with E-state index >= 15 is 0 Å². The number of hydrogen-bond acceptors (Lipinski definition) is 2. The van der Waals surface area contributed by atoms with E-state index in [0.717, 1.165) is 27.7 Å². The van der Waals surface area contributed by atoms with Crippen LogP contribution in [0.4, 0.5) is 0 Å². The highest BCUT2D eigenvalue weighted by atomic mass is 16.3. The Hall–Kier alpha value is -3.53. The SMILES string of the molecule is O=C1c2ccccc2CN1C(c1cc2ccccc2[nH]1)c1ccccc1O. The van der Waals surface area contributed by atoms with E-state index < -0.39 is 6.04 Å². The zero-order valence-electron chi connectivity index (χ0n) is 14.6. The highest BCUT2D eigenvalue weighted by Gasteiger charge is 2.36. The first-order valence-electron chi connectivity index (χ1n) is 8.97. The number of hydrogen-bond donors (Lipinski definition) is 2. The summed E-state index contributed by atoms with van der Waals surface area (Å²) in [5.74, 6) is 0.169. The average Bonchev–Trinajstić information content (AvgIpc) is 3.26. The van der Waals surface area contributed by atoms with E-state index in [1.807, 2.05) is 65.6 Å². The van der Waals surface area contributed by atoms with Crippen molar-refractivity contribution in [2.24, 2.45) is 0 Å². The Balaban J connectivity index is 1.68. The lowest BCUT2D eigenvalue weighted by Gasteiger charge is -2.28. The first kappa shape index (κ1) is 15.7. The van der Waals surface area contributed by atoms with Crippen molar-refractivity contribution >= 4 is 16.8 Å². The van der Waals surface area contributed by atoms with Crippen molar-refractivity contribution in [2.75, 3.05) is 0 Å². The summed E-state index contributed by atoms with van der Waals surface area (Å²) in [7, 11) is 0. The van der Waals surface area contributed by atoms with Crippen molar-refractivity contribution in [2.45, 2.75) is 12.6 Å². The van der Waals surface area contributed by atoms with Crippen LogP contribution in [0.3, 0.4) is 0 Å². The molecule has 27 heavy (non-hydrogen) atoms. The number of phenolic OH excluding ortho intramolecular Hbond substituents is 1. The van der Waals surface area contributed by atoms with Crippen LogP contribution in [0, 0.1) is 0 Å². The Bertz CT molecular complexity index is 1130. The van der Waals surface area contributed by atoms with E-state index in [-0.39, 0.29) is 11.7 Å². The topological polar surface area (TPSA) is 56.3 Å². The van der Waals surface area contributed by atoms with E-state index in [1.165, 1.54) is 0 Å². The van der Waals surface area contributed by atoms with Crippen molar-refractivity contribution in [1.29, 1.82) is 0 Å². The maximum Gasteiger partial charge on any atom is 0.255 e. The quantitative estimate of drug-likeness (QED) is 0.564. The molecule has 0 spiro atoms. The standard InChI is InChI=1S/C23H18N2O2/c26-21-12-6-4-10-18(21)22(20-13-15-7-2-5-11-19(15)24-20)25-14-16-8-1-3-9-17(16)23(25)27/h1-13,22,24,26H,14H2. The van der Waals surface area contributed by atoms with Crippen molar-refractivity contribution in [3.8, 4) is 5.75 Å². The van der Waals surface area contributed by atoms with Gasteiger partial charge in [-0.15, -0.1) is 0 Å². The van der Waals surface area contributed by atoms with Gasteiger partial charge in [-0.1, -0.05) is 54.6 Å². The van der Waals surface area contributed by atoms with Crippen LogP contribution in [-0.4, -0.2) is 20.9 Å². The third kappa shape index (κ3) is 2.49. The van der Waals surface area contributed by atoms with Gasteiger partial charge in [-0.05, 0) is 35.2 Å². The van der Waals surface area contributed by atoms with Gasteiger partial charge in [-0.2, -0.15) is 0 Å². The molecule has 4 nitrogen and oxygen atoms in total. The third-order valence-corrected chi connectivity index (χ3v) is 5.24. The highest BCUT2D eigenvalue weighted by Crippen LogP contribution is 2.39. The number of aromatic hydroxyl groups is 1. The maximum absolute atomic E-state index is 13.1. The minimum absolute atomic E-state index is 0.0162. The fourth-order valence-electron chi connectivity index (χ4n) is 3.95. The van der Waals surface area contributed by atoms with Gasteiger partial charge in [-0.3, -0.25) is 4.79 Å². The zero-order chi connectivity index (χ0) is 18.4. The Morgan fingerprint density at radius 1 is 0.926 bits per heavy atom. The monoisotopic (exact) mass is 354 g/mol. The number of amides is 1. The summed E-state index contributed by atoms with van der Waals surface area (Å²) >= 11 is 0. The molecule has 0 radical (unpaired) electrons. The second-order valence-electron chi connectivity index (χ2n) is 6.86. The largest absolute Gasteiger partial charge is 0.508 e. The number of benzene rings is 3. The van der Waals surface area contributed by atoms with Gasteiger partial charge in [0.25, 0.3) is 5.91 Å². The molecule has 2 N–H and O–H groups in total. The molecule has 3 aromatic carbocycles. The number of carbonyl (C=O) groups excluding carboxylic acids is 1. The van der Waals surface area contributed by atoms with Gasteiger partial charge in [0.1, 0.15) is 11.8 Å². The van der Waals surface area contributed by atoms with Crippen LogP contribution < -0.4 is 0 Å². The van der Waals surface area contributed by atoms with Gasteiger partial charge in [0, 0.05) is 28.9 Å². The second kappa shape index (κ2) is 6.02. The third-order valence-electron chi connectivity index (χ3n) is 5.24. The normalized spacial score (nSPS) is 14.5. The fraction of sp³-hybridized carbons (Fsp3) is 0.0870. The van der Waals surface area contributed by atoms with Crippen molar-refractivity contribution < 1.29 is 9.90 Å². The first-order chi connectivity index (χ1) is 13.2. The van der Waals surface area contributed by atoms with E-state index in [1.54, 1.807) is 12.1 Å². The van der Waals surface area contributed by atoms with Crippen LogP contribution in [0.1, 0.15) is 33.2 Å². The Morgan fingerprint density at radius 2 is 1.67 bits per heavy atom. The molecule has 1 amide bonds. The van der Waals surface area contributed by atoms with Crippen LogP contribution in [0.25, 0.3) is 10.9 Å². The molecular formula is C23H18N2O2. The molecule has 4 heteroatoms. The zero-order valence-corrected chi connectivity index (χ0v) is 14.6. The summed E-state index contributed by atoms with van der Waals surface area (Å²) in [6, 6.07) is 24.6. The molecule has 1 atom stereocenters. The lowest BCUT2D eigenvalue weighted by molar-refractivity contribution is 0.0727. The molecule has 1 unspecified atom stereocenters. The van der Waals surface area contributed by atoms with Gasteiger partial charge in [0.15, 0.2) is 0 Å². The minimum Gasteiger partial charge on any atom is -0.508 e. The second-order valence-corrected chi connectivity index (χ2v) is 6.86. The summed E-state index contributed by atoms with van der Waals surface area (Å²) < 4.78 is 0. The maximum atomic E-state index is 13.1. The van der Waals surface area contributed by atoms with Crippen LogP contribution in [0.5, 0.6) is 5.75 Å². The number of aromatic nitrogens is 1.